The van der Waals surface area contributed by atoms with Gasteiger partial charge in [0.05, 0.1) is 0 Å². The first-order valence-corrected chi connectivity index (χ1v) is 4.35. The average molecular weight is 180 g/mol. The summed E-state index contributed by atoms with van der Waals surface area (Å²) in [6.45, 7) is 7.78. The van der Waals surface area contributed by atoms with Gasteiger partial charge in [-0.05, 0) is 30.0 Å². The molecule has 0 aromatic heterocycles. The fourth-order valence-electron chi connectivity index (χ4n) is 1.33. The van der Waals surface area contributed by atoms with E-state index in [1.165, 1.54) is 0 Å². The number of phenolic OH excluding ortho intramolecular Hbond substituents is 2. The summed E-state index contributed by atoms with van der Waals surface area (Å²) in [5, 5.41) is 19.1. The maximum absolute atomic E-state index is 9.75. The molecule has 13 heavy (non-hydrogen) atoms. The van der Waals surface area contributed by atoms with Crippen molar-refractivity contribution >= 4 is 0 Å². The first kappa shape index (κ1) is 9.90. The van der Waals surface area contributed by atoms with Crippen molar-refractivity contribution in [2.75, 3.05) is 0 Å². The molecule has 0 atom stereocenters. The molecule has 0 saturated carbocycles. The summed E-state index contributed by atoms with van der Waals surface area (Å²) in [6, 6.07) is 3.17. The highest BCUT2D eigenvalue weighted by molar-refractivity contribution is 5.48. The Labute approximate surface area is 78.8 Å². The van der Waals surface area contributed by atoms with E-state index in [4.69, 9.17) is 0 Å². The van der Waals surface area contributed by atoms with Gasteiger partial charge in [0.1, 0.15) is 11.5 Å². The van der Waals surface area contributed by atoms with Gasteiger partial charge < -0.3 is 10.2 Å². The summed E-state index contributed by atoms with van der Waals surface area (Å²) < 4.78 is 0. The summed E-state index contributed by atoms with van der Waals surface area (Å²) in [5.74, 6) is 0.491. The van der Waals surface area contributed by atoms with Gasteiger partial charge in [0.25, 0.3) is 0 Å². The molecule has 0 saturated heterocycles. The average Bonchev–Trinajstić information content (AvgIpc) is 1.94. The Morgan fingerprint density at radius 1 is 1.08 bits per heavy atom. The van der Waals surface area contributed by atoms with Gasteiger partial charge in [-0.1, -0.05) is 20.8 Å². The van der Waals surface area contributed by atoms with E-state index in [1.807, 2.05) is 20.8 Å². The highest BCUT2D eigenvalue weighted by atomic mass is 16.3. The lowest BCUT2D eigenvalue weighted by molar-refractivity contribution is 0.431. The molecule has 2 nitrogen and oxygen atoms in total. The minimum atomic E-state index is -0.145. The molecule has 1 rings (SSSR count). The molecule has 0 aliphatic carbocycles. The highest BCUT2D eigenvalue weighted by Gasteiger charge is 2.19. The standard InChI is InChI=1S/C11H16O2/c1-7-5-8(12)6-9(10(7)13)11(2,3)4/h5-6,12-13H,1-4H3. The highest BCUT2D eigenvalue weighted by Crippen LogP contribution is 2.35. The predicted octanol–water partition coefficient (Wildman–Crippen LogP) is 2.70. The van der Waals surface area contributed by atoms with Crippen LogP contribution in [0.5, 0.6) is 11.5 Å². The van der Waals surface area contributed by atoms with Crippen molar-refractivity contribution in [2.45, 2.75) is 33.1 Å². The quantitative estimate of drug-likeness (QED) is 0.603. The van der Waals surface area contributed by atoms with Gasteiger partial charge in [-0.15, -0.1) is 0 Å². The molecule has 0 aliphatic heterocycles. The van der Waals surface area contributed by atoms with E-state index < -0.39 is 0 Å². The van der Waals surface area contributed by atoms with Crippen molar-refractivity contribution in [2.24, 2.45) is 0 Å². The second-order valence-corrected chi connectivity index (χ2v) is 4.41. The zero-order valence-electron chi connectivity index (χ0n) is 8.55. The molecule has 1 aromatic rings. The number of benzene rings is 1. The van der Waals surface area contributed by atoms with E-state index in [2.05, 4.69) is 0 Å². The molecule has 0 aliphatic rings. The zero-order valence-corrected chi connectivity index (χ0v) is 8.55. The Bertz CT molecular complexity index is 322. The fraction of sp³-hybridized carbons (Fsp3) is 0.455. The van der Waals surface area contributed by atoms with Gasteiger partial charge in [-0.2, -0.15) is 0 Å². The minimum Gasteiger partial charge on any atom is -0.508 e. The van der Waals surface area contributed by atoms with Crippen molar-refractivity contribution in [3.8, 4) is 11.5 Å². The minimum absolute atomic E-state index is 0.145. The lowest BCUT2D eigenvalue weighted by Crippen LogP contribution is -2.11. The molecule has 72 valence electrons. The molecular formula is C11H16O2. The van der Waals surface area contributed by atoms with Crippen LogP contribution in [0.25, 0.3) is 0 Å². The second kappa shape index (κ2) is 2.95. The molecule has 0 amide bonds. The number of hydrogen-bond donors (Lipinski definition) is 2. The van der Waals surface area contributed by atoms with E-state index in [9.17, 15) is 10.2 Å². The molecule has 0 fully saturated rings. The zero-order chi connectivity index (χ0) is 10.2. The Hall–Kier alpha value is -1.18. The lowest BCUT2D eigenvalue weighted by Gasteiger charge is -2.21. The van der Waals surface area contributed by atoms with Crippen molar-refractivity contribution in [1.29, 1.82) is 0 Å². The van der Waals surface area contributed by atoms with Crippen LogP contribution in [0.15, 0.2) is 12.1 Å². The van der Waals surface area contributed by atoms with Crippen LogP contribution in [0.2, 0.25) is 0 Å². The molecular weight excluding hydrogens is 164 g/mol. The molecule has 0 spiro atoms. The Morgan fingerprint density at radius 2 is 1.62 bits per heavy atom. The van der Waals surface area contributed by atoms with Crippen LogP contribution in [0.4, 0.5) is 0 Å². The van der Waals surface area contributed by atoms with Crippen LogP contribution in [-0.4, -0.2) is 10.2 Å². The smallest absolute Gasteiger partial charge is 0.122 e. The summed E-state index contributed by atoms with van der Waals surface area (Å²) in [7, 11) is 0. The third kappa shape index (κ3) is 1.94. The third-order valence-corrected chi connectivity index (χ3v) is 2.09. The number of aromatic hydroxyl groups is 2. The fourth-order valence-corrected chi connectivity index (χ4v) is 1.33. The maximum atomic E-state index is 9.75. The number of phenols is 2. The second-order valence-electron chi connectivity index (χ2n) is 4.41. The summed E-state index contributed by atoms with van der Waals surface area (Å²) >= 11 is 0. The van der Waals surface area contributed by atoms with E-state index in [0.717, 1.165) is 5.56 Å². The van der Waals surface area contributed by atoms with Crippen LogP contribution in [0, 0.1) is 6.92 Å². The maximum Gasteiger partial charge on any atom is 0.122 e. The normalized spacial score (nSPS) is 11.7. The van der Waals surface area contributed by atoms with Gasteiger partial charge in [0, 0.05) is 5.56 Å². The predicted molar refractivity (Wildman–Crippen MR) is 53.2 cm³/mol. The molecule has 2 heteroatoms. The van der Waals surface area contributed by atoms with E-state index in [1.54, 1.807) is 19.1 Å². The summed E-state index contributed by atoms with van der Waals surface area (Å²) in [5.41, 5.74) is 1.35. The van der Waals surface area contributed by atoms with Gasteiger partial charge in [-0.3, -0.25) is 0 Å². The van der Waals surface area contributed by atoms with Crippen molar-refractivity contribution in [1.82, 2.24) is 0 Å². The van der Waals surface area contributed by atoms with Crippen LogP contribution in [0.3, 0.4) is 0 Å². The Morgan fingerprint density at radius 3 is 2.08 bits per heavy atom. The van der Waals surface area contributed by atoms with Gasteiger partial charge in [-0.25, -0.2) is 0 Å². The molecule has 0 radical (unpaired) electrons. The van der Waals surface area contributed by atoms with Crippen LogP contribution < -0.4 is 0 Å². The van der Waals surface area contributed by atoms with Crippen molar-refractivity contribution in [3.05, 3.63) is 23.3 Å². The lowest BCUT2D eigenvalue weighted by atomic mass is 9.85. The van der Waals surface area contributed by atoms with E-state index in [0.29, 0.717) is 5.56 Å². The van der Waals surface area contributed by atoms with Gasteiger partial charge in [0.15, 0.2) is 0 Å². The van der Waals surface area contributed by atoms with Crippen LogP contribution >= 0.6 is 0 Å². The molecule has 0 heterocycles. The molecule has 1 aromatic carbocycles. The molecule has 0 bridgehead atoms. The molecule has 2 N–H and O–H groups in total. The SMILES string of the molecule is Cc1cc(O)cc(C(C)(C)C)c1O. The first-order chi connectivity index (χ1) is 5.82. The number of hydrogen-bond acceptors (Lipinski definition) is 2. The van der Waals surface area contributed by atoms with E-state index >= 15 is 0 Å². The monoisotopic (exact) mass is 180 g/mol. The van der Waals surface area contributed by atoms with E-state index in [-0.39, 0.29) is 16.9 Å². The van der Waals surface area contributed by atoms with Crippen LogP contribution in [0.1, 0.15) is 31.9 Å². The molecule has 0 unspecified atom stereocenters. The first-order valence-electron chi connectivity index (χ1n) is 4.35. The third-order valence-electron chi connectivity index (χ3n) is 2.09. The summed E-state index contributed by atoms with van der Waals surface area (Å²) in [6.07, 6.45) is 0. The summed E-state index contributed by atoms with van der Waals surface area (Å²) in [4.78, 5) is 0. The largest absolute Gasteiger partial charge is 0.508 e. The Kier molecular flexibility index (Phi) is 2.24. The van der Waals surface area contributed by atoms with Gasteiger partial charge in [0.2, 0.25) is 0 Å². The number of aryl methyl sites for hydroxylation is 1. The number of rotatable bonds is 0. The van der Waals surface area contributed by atoms with Crippen LogP contribution in [-0.2, 0) is 5.41 Å². The van der Waals surface area contributed by atoms with Gasteiger partial charge >= 0.3 is 0 Å². The Balaban J connectivity index is 3.37. The van der Waals surface area contributed by atoms with Crippen molar-refractivity contribution < 1.29 is 10.2 Å². The topological polar surface area (TPSA) is 40.5 Å². The van der Waals surface area contributed by atoms with Crippen molar-refractivity contribution in [3.63, 3.8) is 0 Å².